The molecule has 1 fully saturated rings. The third-order valence-electron chi connectivity index (χ3n) is 3.85. The van der Waals surface area contributed by atoms with Gasteiger partial charge in [-0.05, 0) is 19.4 Å². The number of likely N-dealkylation sites (N-methyl/N-ethyl adjacent to an activating group) is 1. The summed E-state index contributed by atoms with van der Waals surface area (Å²) in [7, 11) is 1.68. The van der Waals surface area contributed by atoms with Crippen LogP contribution in [0.1, 0.15) is 39.0 Å². The molecule has 4 nitrogen and oxygen atoms in total. The van der Waals surface area contributed by atoms with Crippen LogP contribution in [0.4, 0.5) is 0 Å². The monoisotopic (exact) mass is 243 g/mol. The molecule has 17 heavy (non-hydrogen) atoms. The van der Waals surface area contributed by atoms with Crippen LogP contribution in [0.25, 0.3) is 0 Å². The number of nitrogens with zero attached hydrogens (tertiary/aromatic N) is 1. The number of carbonyl (C=O) groups is 1. The van der Waals surface area contributed by atoms with Gasteiger partial charge in [-0.15, -0.1) is 0 Å². The fourth-order valence-electron chi connectivity index (χ4n) is 2.67. The fourth-order valence-corrected chi connectivity index (χ4v) is 2.67. The molecule has 0 unspecified atom stereocenters. The molecule has 0 aliphatic heterocycles. The van der Waals surface area contributed by atoms with Crippen molar-refractivity contribution < 1.29 is 14.6 Å². The van der Waals surface area contributed by atoms with Gasteiger partial charge in [0.05, 0.1) is 12.0 Å². The van der Waals surface area contributed by atoms with Crippen LogP contribution >= 0.6 is 0 Å². The zero-order valence-electron chi connectivity index (χ0n) is 11.1. The van der Waals surface area contributed by atoms with E-state index in [1.807, 2.05) is 0 Å². The summed E-state index contributed by atoms with van der Waals surface area (Å²) < 4.78 is 5.07. The molecule has 1 rings (SSSR count). The van der Waals surface area contributed by atoms with Gasteiger partial charge >= 0.3 is 5.97 Å². The number of carboxylic acid groups (broad SMARTS) is 1. The van der Waals surface area contributed by atoms with Crippen LogP contribution in [0.2, 0.25) is 0 Å². The summed E-state index contributed by atoms with van der Waals surface area (Å²) in [5.41, 5.74) is -0.512. The molecule has 4 heteroatoms. The van der Waals surface area contributed by atoms with Crippen LogP contribution < -0.4 is 0 Å². The molecule has 0 spiro atoms. The predicted molar refractivity (Wildman–Crippen MR) is 67.1 cm³/mol. The Bertz CT molecular complexity index is 237. The number of aliphatic carboxylic acids is 1. The van der Waals surface area contributed by atoms with Crippen molar-refractivity contribution in [3.63, 3.8) is 0 Å². The minimum absolute atomic E-state index is 0.512. The largest absolute Gasteiger partial charge is 0.481 e. The second-order valence-electron chi connectivity index (χ2n) is 5.01. The molecule has 0 radical (unpaired) electrons. The maximum atomic E-state index is 11.5. The van der Waals surface area contributed by atoms with Crippen molar-refractivity contribution in [1.29, 1.82) is 0 Å². The van der Waals surface area contributed by atoms with Gasteiger partial charge < -0.3 is 14.7 Å². The lowest BCUT2D eigenvalue weighted by atomic mass is 9.73. The van der Waals surface area contributed by atoms with Crippen LogP contribution in [0.3, 0.4) is 0 Å². The third kappa shape index (κ3) is 3.96. The Kier molecular flexibility index (Phi) is 5.92. The molecule has 0 amide bonds. The lowest BCUT2D eigenvalue weighted by Gasteiger charge is -2.37. The first-order chi connectivity index (χ1) is 8.14. The molecule has 0 bridgehead atoms. The van der Waals surface area contributed by atoms with E-state index in [1.165, 1.54) is 6.42 Å². The van der Waals surface area contributed by atoms with Gasteiger partial charge in [0, 0.05) is 20.2 Å². The molecule has 100 valence electrons. The van der Waals surface area contributed by atoms with Gasteiger partial charge in [0.1, 0.15) is 0 Å². The fraction of sp³-hybridized carbons (Fsp3) is 0.923. The first kappa shape index (κ1) is 14.5. The van der Waals surface area contributed by atoms with Crippen molar-refractivity contribution in [3.05, 3.63) is 0 Å². The van der Waals surface area contributed by atoms with E-state index in [2.05, 4.69) is 11.8 Å². The van der Waals surface area contributed by atoms with E-state index in [4.69, 9.17) is 4.74 Å². The van der Waals surface area contributed by atoms with Crippen molar-refractivity contribution in [2.75, 3.05) is 33.4 Å². The molecule has 1 aliphatic carbocycles. The first-order valence-electron chi connectivity index (χ1n) is 6.59. The summed E-state index contributed by atoms with van der Waals surface area (Å²) in [6, 6.07) is 0. The van der Waals surface area contributed by atoms with E-state index in [1.54, 1.807) is 7.11 Å². The first-order valence-corrected chi connectivity index (χ1v) is 6.59. The van der Waals surface area contributed by atoms with Crippen molar-refractivity contribution in [2.24, 2.45) is 5.41 Å². The quantitative estimate of drug-likeness (QED) is 0.743. The maximum absolute atomic E-state index is 11.5. The SMILES string of the molecule is CCN(CCOC)CC1(C(=O)O)CCCCC1. The van der Waals surface area contributed by atoms with E-state index in [-0.39, 0.29) is 0 Å². The summed E-state index contributed by atoms with van der Waals surface area (Å²) in [6.45, 7) is 5.13. The number of hydrogen-bond acceptors (Lipinski definition) is 3. The predicted octanol–water partition coefficient (Wildman–Crippen LogP) is 1.99. The van der Waals surface area contributed by atoms with Crippen molar-refractivity contribution in [3.8, 4) is 0 Å². The highest BCUT2D eigenvalue weighted by molar-refractivity contribution is 5.75. The van der Waals surface area contributed by atoms with Gasteiger partial charge in [0.2, 0.25) is 0 Å². The Hall–Kier alpha value is -0.610. The minimum Gasteiger partial charge on any atom is -0.481 e. The molecule has 0 aromatic rings. The number of hydrogen-bond donors (Lipinski definition) is 1. The Morgan fingerprint density at radius 1 is 1.35 bits per heavy atom. The van der Waals surface area contributed by atoms with E-state index >= 15 is 0 Å². The smallest absolute Gasteiger partial charge is 0.310 e. The zero-order chi connectivity index (χ0) is 12.7. The van der Waals surface area contributed by atoms with Crippen LogP contribution in [-0.2, 0) is 9.53 Å². The van der Waals surface area contributed by atoms with E-state index in [9.17, 15) is 9.90 Å². The highest BCUT2D eigenvalue weighted by Gasteiger charge is 2.40. The average Bonchev–Trinajstić information content (AvgIpc) is 2.35. The second-order valence-corrected chi connectivity index (χ2v) is 5.01. The Morgan fingerprint density at radius 2 is 2.00 bits per heavy atom. The molecule has 0 saturated heterocycles. The third-order valence-corrected chi connectivity index (χ3v) is 3.85. The Morgan fingerprint density at radius 3 is 2.47 bits per heavy atom. The van der Waals surface area contributed by atoms with Gasteiger partial charge in [0.25, 0.3) is 0 Å². The lowest BCUT2D eigenvalue weighted by molar-refractivity contribution is -0.152. The van der Waals surface area contributed by atoms with Crippen molar-refractivity contribution in [1.82, 2.24) is 4.90 Å². The average molecular weight is 243 g/mol. The number of methoxy groups -OCH3 is 1. The normalized spacial score (nSPS) is 19.5. The highest BCUT2D eigenvalue weighted by Crippen LogP contribution is 2.37. The summed E-state index contributed by atoms with van der Waals surface area (Å²) in [5.74, 6) is -0.618. The standard InChI is InChI=1S/C13H25NO3/c1-3-14(9-10-17-2)11-13(12(15)16)7-5-4-6-8-13/h3-11H2,1-2H3,(H,15,16). The topological polar surface area (TPSA) is 49.8 Å². The Labute approximate surface area is 104 Å². The van der Waals surface area contributed by atoms with Gasteiger partial charge in [-0.2, -0.15) is 0 Å². The van der Waals surface area contributed by atoms with Gasteiger partial charge in [-0.1, -0.05) is 26.2 Å². The van der Waals surface area contributed by atoms with E-state index in [0.717, 1.165) is 38.8 Å². The van der Waals surface area contributed by atoms with E-state index in [0.29, 0.717) is 13.2 Å². The minimum atomic E-state index is -0.618. The molecule has 1 saturated carbocycles. The van der Waals surface area contributed by atoms with Crippen LogP contribution in [0.5, 0.6) is 0 Å². The summed E-state index contributed by atoms with van der Waals surface area (Å²) in [4.78, 5) is 13.7. The van der Waals surface area contributed by atoms with E-state index < -0.39 is 11.4 Å². The summed E-state index contributed by atoms with van der Waals surface area (Å²) in [6.07, 6.45) is 4.93. The van der Waals surface area contributed by atoms with Gasteiger partial charge in [0.15, 0.2) is 0 Å². The molecular weight excluding hydrogens is 218 g/mol. The van der Waals surface area contributed by atoms with Gasteiger partial charge in [-0.25, -0.2) is 0 Å². The Balaban J connectivity index is 2.60. The van der Waals surface area contributed by atoms with Gasteiger partial charge in [-0.3, -0.25) is 4.79 Å². The molecule has 0 heterocycles. The second kappa shape index (κ2) is 6.97. The number of rotatable bonds is 7. The number of ether oxygens (including phenoxy) is 1. The molecular formula is C13H25NO3. The lowest BCUT2D eigenvalue weighted by Crippen LogP contribution is -2.45. The molecule has 0 atom stereocenters. The molecule has 1 N–H and O–H groups in total. The zero-order valence-corrected chi connectivity index (χ0v) is 11.1. The van der Waals surface area contributed by atoms with Crippen molar-refractivity contribution >= 4 is 5.97 Å². The molecule has 0 aromatic heterocycles. The molecule has 0 aromatic carbocycles. The van der Waals surface area contributed by atoms with Crippen molar-refractivity contribution in [2.45, 2.75) is 39.0 Å². The van der Waals surface area contributed by atoms with Crippen LogP contribution in [-0.4, -0.2) is 49.3 Å². The maximum Gasteiger partial charge on any atom is 0.310 e. The summed E-state index contributed by atoms with van der Waals surface area (Å²) >= 11 is 0. The molecule has 1 aliphatic rings. The van der Waals surface area contributed by atoms with Crippen LogP contribution in [0.15, 0.2) is 0 Å². The van der Waals surface area contributed by atoms with Crippen LogP contribution in [0, 0.1) is 5.41 Å². The number of carboxylic acids is 1. The summed E-state index contributed by atoms with van der Waals surface area (Å²) in [5, 5.41) is 9.50. The highest BCUT2D eigenvalue weighted by atomic mass is 16.5.